The molecule has 0 aliphatic heterocycles. The van der Waals surface area contributed by atoms with Gasteiger partial charge in [-0.25, -0.2) is 4.79 Å². The summed E-state index contributed by atoms with van der Waals surface area (Å²) >= 11 is 0. The molecule has 0 heterocycles. The van der Waals surface area contributed by atoms with Gasteiger partial charge in [0, 0.05) is 6.54 Å². The second-order valence-electron chi connectivity index (χ2n) is 5.99. The molecule has 1 N–H and O–H groups in total. The molecule has 0 spiro atoms. The Labute approximate surface area is 136 Å². The largest absolute Gasteiger partial charge is 0.461 e. The van der Waals surface area contributed by atoms with Crippen LogP contribution in [0, 0.1) is 5.41 Å². The van der Waals surface area contributed by atoms with Crippen LogP contribution in [0.1, 0.15) is 29.8 Å². The molecular formula is C19H21NO3. The Balaban J connectivity index is 1.85. The molecule has 0 bridgehead atoms. The van der Waals surface area contributed by atoms with Crippen molar-refractivity contribution in [2.24, 2.45) is 5.41 Å². The van der Waals surface area contributed by atoms with E-state index in [1.54, 1.807) is 38.1 Å². The Bertz CT molecular complexity index is 651. The van der Waals surface area contributed by atoms with Crippen molar-refractivity contribution in [3.05, 3.63) is 71.8 Å². The highest BCUT2D eigenvalue weighted by Gasteiger charge is 2.29. The molecule has 4 heteroatoms. The highest BCUT2D eigenvalue weighted by molar-refractivity contribution is 5.89. The van der Waals surface area contributed by atoms with Gasteiger partial charge in [0.2, 0.25) is 5.91 Å². The number of rotatable bonds is 6. The summed E-state index contributed by atoms with van der Waals surface area (Å²) in [7, 11) is 0. The average molecular weight is 311 g/mol. The quantitative estimate of drug-likeness (QED) is 0.834. The van der Waals surface area contributed by atoms with Gasteiger partial charge in [-0.15, -0.1) is 0 Å². The van der Waals surface area contributed by atoms with Crippen LogP contribution in [0.25, 0.3) is 0 Å². The van der Waals surface area contributed by atoms with Crippen LogP contribution in [0.3, 0.4) is 0 Å². The highest BCUT2D eigenvalue weighted by Crippen LogP contribution is 2.17. The zero-order chi connectivity index (χ0) is 16.7. The van der Waals surface area contributed by atoms with Gasteiger partial charge in [-0.1, -0.05) is 48.5 Å². The Morgan fingerprint density at radius 3 is 2.13 bits per heavy atom. The van der Waals surface area contributed by atoms with Gasteiger partial charge in [0.05, 0.1) is 11.0 Å². The maximum absolute atomic E-state index is 12.3. The average Bonchev–Trinajstić information content (AvgIpc) is 2.59. The lowest BCUT2D eigenvalue weighted by Crippen LogP contribution is -2.40. The predicted octanol–water partition coefficient (Wildman–Crippen LogP) is 3.19. The third-order valence-corrected chi connectivity index (χ3v) is 3.48. The van der Waals surface area contributed by atoms with Crippen molar-refractivity contribution in [1.29, 1.82) is 0 Å². The number of carbonyl (C=O) groups is 2. The van der Waals surface area contributed by atoms with Crippen LogP contribution >= 0.6 is 0 Å². The van der Waals surface area contributed by atoms with Crippen LogP contribution in [0.15, 0.2) is 60.7 Å². The van der Waals surface area contributed by atoms with E-state index in [0.717, 1.165) is 5.56 Å². The maximum Gasteiger partial charge on any atom is 0.338 e. The number of ether oxygens (including phenoxy) is 1. The molecule has 23 heavy (non-hydrogen) atoms. The van der Waals surface area contributed by atoms with Crippen molar-refractivity contribution in [3.8, 4) is 0 Å². The van der Waals surface area contributed by atoms with E-state index < -0.39 is 11.4 Å². The molecule has 2 aromatic rings. The van der Waals surface area contributed by atoms with Gasteiger partial charge in [0.15, 0.2) is 0 Å². The molecule has 120 valence electrons. The van der Waals surface area contributed by atoms with E-state index >= 15 is 0 Å². The molecule has 0 aromatic heterocycles. The number of esters is 1. The number of benzene rings is 2. The normalized spacial score (nSPS) is 10.9. The predicted molar refractivity (Wildman–Crippen MR) is 88.8 cm³/mol. The molecule has 0 saturated carbocycles. The van der Waals surface area contributed by atoms with E-state index in [4.69, 9.17) is 4.74 Å². The first-order valence-corrected chi connectivity index (χ1v) is 7.53. The summed E-state index contributed by atoms with van der Waals surface area (Å²) in [6.07, 6.45) is 0. The number of hydrogen-bond acceptors (Lipinski definition) is 3. The van der Waals surface area contributed by atoms with Gasteiger partial charge in [-0.2, -0.15) is 0 Å². The minimum absolute atomic E-state index is 0.0291. The van der Waals surface area contributed by atoms with E-state index in [1.807, 2.05) is 36.4 Å². The minimum atomic E-state index is -0.792. The van der Waals surface area contributed by atoms with E-state index in [2.05, 4.69) is 5.32 Å². The van der Waals surface area contributed by atoms with E-state index in [9.17, 15) is 9.59 Å². The van der Waals surface area contributed by atoms with Gasteiger partial charge in [-0.05, 0) is 31.5 Å². The molecule has 0 unspecified atom stereocenters. The van der Waals surface area contributed by atoms with Crippen molar-refractivity contribution in [1.82, 2.24) is 5.32 Å². The molecule has 0 aliphatic carbocycles. The van der Waals surface area contributed by atoms with Crippen molar-refractivity contribution < 1.29 is 14.3 Å². The van der Waals surface area contributed by atoms with E-state index in [1.165, 1.54) is 0 Å². The van der Waals surface area contributed by atoms with E-state index in [-0.39, 0.29) is 12.5 Å². The summed E-state index contributed by atoms with van der Waals surface area (Å²) < 4.78 is 5.27. The fraction of sp³-hybridized carbons (Fsp3) is 0.263. The van der Waals surface area contributed by atoms with Crippen LogP contribution in [0.2, 0.25) is 0 Å². The second kappa shape index (κ2) is 7.58. The Kier molecular flexibility index (Phi) is 5.52. The standard InChI is InChI=1S/C19H21NO3/c1-19(2,14-23-17(21)16-11-7-4-8-12-16)18(22)20-13-15-9-5-3-6-10-15/h3-12H,13-14H2,1-2H3,(H,20,22). The monoisotopic (exact) mass is 311 g/mol. The third-order valence-electron chi connectivity index (χ3n) is 3.48. The van der Waals surface area contributed by atoms with Gasteiger partial charge >= 0.3 is 5.97 Å². The van der Waals surface area contributed by atoms with Crippen LogP contribution < -0.4 is 5.32 Å². The lowest BCUT2D eigenvalue weighted by atomic mass is 9.93. The van der Waals surface area contributed by atoms with Crippen LogP contribution in [0.5, 0.6) is 0 Å². The number of carbonyl (C=O) groups excluding carboxylic acids is 2. The van der Waals surface area contributed by atoms with Crippen LogP contribution in [0.4, 0.5) is 0 Å². The molecule has 0 fully saturated rings. The first kappa shape index (κ1) is 16.7. The third kappa shape index (κ3) is 4.95. The van der Waals surface area contributed by atoms with Gasteiger partial charge in [-0.3, -0.25) is 4.79 Å². The smallest absolute Gasteiger partial charge is 0.338 e. The van der Waals surface area contributed by atoms with Crippen molar-refractivity contribution >= 4 is 11.9 Å². The topological polar surface area (TPSA) is 55.4 Å². The number of nitrogens with one attached hydrogen (secondary N) is 1. The summed E-state index contributed by atoms with van der Waals surface area (Å²) in [4.78, 5) is 24.2. The van der Waals surface area contributed by atoms with Crippen LogP contribution in [-0.2, 0) is 16.1 Å². The molecule has 0 aliphatic rings. The fourth-order valence-electron chi connectivity index (χ4n) is 1.99. The van der Waals surface area contributed by atoms with Crippen molar-refractivity contribution in [2.75, 3.05) is 6.61 Å². The summed E-state index contributed by atoms with van der Waals surface area (Å²) in [5.41, 5.74) is 0.713. The highest BCUT2D eigenvalue weighted by atomic mass is 16.5. The van der Waals surface area contributed by atoms with Crippen molar-refractivity contribution in [2.45, 2.75) is 20.4 Å². The molecule has 2 rings (SSSR count). The maximum atomic E-state index is 12.3. The molecule has 4 nitrogen and oxygen atoms in total. The minimum Gasteiger partial charge on any atom is -0.461 e. The van der Waals surface area contributed by atoms with Crippen molar-refractivity contribution in [3.63, 3.8) is 0 Å². The Morgan fingerprint density at radius 1 is 0.957 bits per heavy atom. The molecule has 1 amide bonds. The van der Waals surface area contributed by atoms with Gasteiger partial charge in [0.1, 0.15) is 6.61 Å². The molecule has 2 aromatic carbocycles. The zero-order valence-corrected chi connectivity index (χ0v) is 13.4. The van der Waals surface area contributed by atoms with Gasteiger partial charge < -0.3 is 10.1 Å². The van der Waals surface area contributed by atoms with Crippen LogP contribution in [-0.4, -0.2) is 18.5 Å². The lowest BCUT2D eigenvalue weighted by molar-refractivity contribution is -0.131. The Morgan fingerprint density at radius 2 is 1.52 bits per heavy atom. The lowest BCUT2D eigenvalue weighted by Gasteiger charge is -2.23. The summed E-state index contributed by atoms with van der Waals surface area (Å²) in [5, 5.41) is 2.87. The molecule has 0 saturated heterocycles. The SMILES string of the molecule is CC(C)(COC(=O)c1ccccc1)C(=O)NCc1ccccc1. The fourth-order valence-corrected chi connectivity index (χ4v) is 1.99. The first-order chi connectivity index (χ1) is 11.0. The molecule has 0 radical (unpaired) electrons. The second-order valence-corrected chi connectivity index (χ2v) is 5.99. The summed E-state index contributed by atoms with van der Waals surface area (Å²) in [5.74, 6) is -0.572. The molecular weight excluding hydrogens is 290 g/mol. The first-order valence-electron chi connectivity index (χ1n) is 7.53. The number of hydrogen-bond donors (Lipinski definition) is 1. The zero-order valence-electron chi connectivity index (χ0n) is 13.4. The summed E-state index contributed by atoms with van der Waals surface area (Å²) in [6, 6.07) is 18.4. The van der Waals surface area contributed by atoms with E-state index in [0.29, 0.717) is 12.1 Å². The number of amides is 1. The Hall–Kier alpha value is -2.62. The molecule has 0 atom stereocenters. The van der Waals surface area contributed by atoms with Gasteiger partial charge in [0.25, 0.3) is 0 Å². The summed E-state index contributed by atoms with van der Waals surface area (Å²) in [6.45, 7) is 3.99.